The molecular weight excluding hydrogens is 237 g/mol. The molecule has 0 fully saturated rings. The fourth-order valence-corrected chi connectivity index (χ4v) is 1.55. The van der Waals surface area contributed by atoms with E-state index >= 15 is 0 Å². The Labute approximate surface area is 97.2 Å². The van der Waals surface area contributed by atoms with Gasteiger partial charge in [-0.1, -0.05) is 11.6 Å². The Morgan fingerprint density at radius 3 is 2.93 bits per heavy atom. The standard InChI is InChI=1S/C10H11ClFNOS/c1-15-5-4-10(14)13-9-3-2-7(11)6-8(9)12/h2-3,6H,4-5H2,1H3,(H,13,14). The summed E-state index contributed by atoms with van der Waals surface area (Å²) < 4.78 is 13.2. The molecule has 0 aliphatic rings. The summed E-state index contributed by atoms with van der Waals surface area (Å²) in [7, 11) is 0. The number of anilines is 1. The van der Waals surface area contributed by atoms with Gasteiger partial charge in [-0.05, 0) is 24.5 Å². The quantitative estimate of drug-likeness (QED) is 0.886. The number of hydrogen-bond acceptors (Lipinski definition) is 2. The molecule has 0 unspecified atom stereocenters. The molecule has 0 aromatic heterocycles. The molecule has 0 heterocycles. The Morgan fingerprint density at radius 2 is 2.33 bits per heavy atom. The van der Waals surface area contributed by atoms with Gasteiger partial charge in [0.2, 0.25) is 5.91 Å². The minimum absolute atomic E-state index is 0.172. The number of carbonyl (C=O) groups excluding carboxylic acids is 1. The molecule has 0 aliphatic carbocycles. The molecule has 0 saturated heterocycles. The highest BCUT2D eigenvalue weighted by Crippen LogP contribution is 2.18. The second-order valence-electron chi connectivity index (χ2n) is 2.92. The lowest BCUT2D eigenvalue weighted by Crippen LogP contribution is -2.13. The first-order chi connectivity index (χ1) is 7.13. The number of nitrogens with one attached hydrogen (secondary N) is 1. The number of halogens is 2. The van der Waals surface area contributed by atoms with E-state index in [-0.39, 0.29) is 11.6 Å². The van der Waals surface area contributed by atoms with Gasteiger partial charge >= 0.3 is 0 Å². The lowest BCUT2D eigenvalue weighted by atomic mass is 10.3. The van der Waals surface area contributed by atoms with Gasteiger partial charge in [-0.15, -0.1) is 0 Å². The zero-order chi connectivity index (χ0) is 11.3. The van der Waals surface area contributed by atoms with Crippen molar-refractivity contribution in [1.82, 2.24) is 0 Å². The SMILES string of the molecule is CSCCC(=O)Nc1ccc(Cl)cc1F. The van der Waals surface area contributed by atoms with Crippen molar-refractivity contribution in [2.75, 3.05) is 17.3 Å². The van der Waals surface area contributed by atoms with Crippen LogP contribution in [0.25, 0.3) is 0 Å². The fraction of sp³-hybridized carbons (Fsp3) is 0.300. The average molecular weight is 248 g/mol. The lowest BCUT2D eigenvalue weighted by molar-refractivity contribution is -0.115. The van der Waals surface area contributed by atoms with Gasteiger partial charge in [-0.3, -0.25) is 4.79 Å². The third-order valence-corrected chi connectivity index (χ3v) is 2.59. The molecule has 0 saturated carbocycles. The number of carbonyl (C=O) groups is 1. The van der Waals surface area contributed by atoms with Crippen molar-refractivity contribution in [3.63, 3.8) is 0 Å². The summed E-state index contributed by atoms with van der Waals surface area (Å²) in [6.45, 7) is 0. The van der Waals surface area contributed by atoms with Crippen molar-refractivity contribution in [2.24, 2.45) is 0 Å². The lowest BCUT2D eigenvalue weighted by Gasteiger charge is -2.05. The van der Waals surface area contributed by atoms with E-state index in [1.165, 1.54) is 18.2 Å². The van der Waals surface area contributed by atoms with Crippen molar-refractivity contribution in [1.29, 1.82) is 0 Å². The maximum atomic E-state index is 13.2. The number of rotatable bonds is 4. The Hall–Kier alpha value is -0.740. The minimum atomic E-state index is -0.514. The first kappa shape index (κ1) is 12.3. The van der Waals surface area contributed by atoms with Crippen LogP contribution < -0.4 is 5.32 Å². The van der Waals surface area contributed by atoms with E-state index in [0.29, 0.717) is 11.4 Å². The van der Waals surface area contributed by atoms with E-state index in [1.807, 2.05) is 6.26 Å². The highest BCUT2D eigenvalue weighted by molar-refractivity contribution is 7.98. The summed E-state index contributed by atoms with van der Waals surface area (Å²) in [5, 5.41) is 2.80. The van der Waals surface area contributed by atoms with Crippen LogP contribution in [0.3, 0.4) is 0 Å². The molecule has 1 aromatic carbocycles. The zero-order valence-corrected chi connectivity index (χ0v) is 9.79. The van der Waals surface area contributed by atoms with Gasteiger partial charge < -0.3 is 5.32 Å². The molecule has 0 bridgehead atoms. The second-order valence-corrected chi connectivity index (χ2v) is 4.34. The molecule has 1 rings (SSSR count). The summed E-state index contributed by atoms with van der Waals surface area (Å²) >= 11 is 7.15. The van der Waals surface area contributed by atoms with E-state index in [2.05, 4.69) is 5.32 Å². The van der Waals surface area contributed by atoms with Crippen LogP contribution in [0.4, 0.5) is 10.1 Å². The van der Waals surface area contributed by atoms with E-state index in [0.717, 1.165) is 5.75 Å². The number of hydrogen-bond donors (Lipinski definition) is 1. The first-order valence-electron chi connectivity index (χ1n) is 4.37. The van der Waals surface area contributed by atoms with Gasteiger partial charge in [0.05, 0.1) is 5.69 Å². The Morgan fingerprint density at radius 1 is 1.60 bits per heavy atom. The van der Waals surface area contributed by atoms with Crippen molar-refractivity contribution >= 4 is 35.0 Å². The molecule has 0 aliphatic heterocycles. The van der Waals surface area contributed by atoms with Crippen molar-refractivity contribution in [2.45, 2.75) is 6.42 Å². The van der Waals surface area contributed by atoms with E-state index in [9.17, 15) is 9.18 Å². The summed E-state index contributed by atoms with van der Waals surface area (Å²) in [5.74, 6) is 0.0201. The first-order valence-corrected chi connectivity index (χ1v) is 6.14. The predicted molar refractivity (Wildman–Crippen MR) is 63.0 cm³/mol. The maximum absolute atomic E-state index is 13.2. The Kier molecular flexibility index (Phi) is 4.91. The molecule has 0 atom stereocenters. The Balaban J connectivity index is 2.60. The van der Waals surface area contributed by atoms with Crippen LogP contribution in [-0.4, -0.2) is 17.9 Å². The molecule has 82 valence electrons. The van der Waals surface area contributed by atoms with Crippen molar-refractivity contribution in [3.8, 4) is 0 Å². The van der Waals surface area contributed by atoms with Crippen LogP contribution in [0, 0.1) is 5.82 Å². The van der Waals surface area contributed by atoms with E-state index in [4.69, 9.17) is 11.6 Å². The van der Waals surface area contributed by atoms with Gasteiger partial charge in [0.25, 0.3) is 0 Å². The van der Waals surface area contributed by atoms with E-state index in [1.54, 1.807) is 11.8 Å². The van der Waals surface area contributed by atoms with Crippen LogP contribution in [0.1, 0.15) is 6.42 Å². The monoisotopic (exact) mass is 247 g/mol. The molecule has 1 N–H and O–H groups in total. The van der Waals surface area contributed by atoms with Crippen LogP contribution in [0.2, 0.25) is 5.02 Å². The van der Waals surface area contributed by atoms with Gasteiger partial charge in [0.1, 0.15) is 5.82 Å². The summed E-state index contributed by atoms with van der Waals surface area (Å²) in [6, 6.07) is 4.16. The molecule has 1 aromatic rings. The fourth-order valence-electron chi connectivity index (χ4n) is 0.998. The number of thioether (sulfide) groups is 1. The normalized spacial score (nSPS) is 10.1. The van der Waals surface area contributed by atoms with Crippen molar-refractivity contribution in [3.05, 3.63) is 29.0 Å². The van der Waals surface area contributed by atoms with Crippen LogP contribution in [0.5, 0.6) is 0 Å². The molecule has 15 heavy (non-hydrogen) atoms. The van der Waals surface area contributed by atoms with Crippen LogP contribution >= 0.6 is 23.4 Å². The van der Waals surface area contributed by atoms with Crippen molar-refractivity contribution < 1.29 is 9.18 Å². The molecule has 1 amide bonds. The summed E-state index contributed by atoms with van der Waals surface area (Å²) in [6.07, 6.45) is 2.29. The number of benzene rings is 1. The van der Waals surface area contributed by atoms with Crippen LogP contribution in [-0.2, 0) is 4.79 Å². The number of amides is 1. The summed E-state index contributed by atoms with van der Waals surface area (Å²) in [4.78, 5) is 11.3. The molecule has 0 spiro atoms. The van der Waals surface area contributed by atoms with Gasteiger partial charge in [-0.25, -0.2) is 4.39 Å². The molecule has 2 nitrogen and oxygen atoms in total. The highest BCUT2D eigenvalue weighted by Gasteiger charge is 2.06. The largest absolute Gasteiger partial charge is 0.324 e. The topological polar surface area (TPSA) is 29.1 Å². The zero-order valence-electron chi connectivity index (χ0n) is 8.22. The average Bonchev–Trinajstić information content (AvgIpc) is 2.19. The van der Waals surface area contributed by atoms with E-state index < -0.39 is 5.82 Å². The third-order valence-electron chi connectivity index (χ3n) is 1.74. The van der Waals surface area contributed by atoms with Crippen LogP contribution in [0.15, 0.2) is 18.2 Å². The molecule has 5 heteroatoms. The predicted octanol–water partition coefficient (Wildman–Crippen LogP) is 3.17. The van der Waals surface area contributed by atoms with Gasteiger partial charge in [-0.2, -0.15) is 11.8 Å². The second kappa shape index (κ2) is 5.98. The maximum Gasteiger partial charge on any atom is 0.225 e. The van der Waals surface area contributed by atoms with Gasteiger partial charge in [0, 0.05) is 17.2 Å². The highest BCUT2D eigenvalue weighted by atomic mass is 35.5. The van der Waals surface area contributed by atoms with Gasteiger partial charge in [0.15, 0.2) is 0 Å². The molecule has 0 radical (unpaired) electrons. The summed E-state index contributed by atoms with van der Waals surface area (Å²) in [5.41, 5.74) is 0.172. The third kappa shape index (κ3) is 4.10. The molecular formula is C10H11ClFNOS. The Bertz CT molecular complexity index is 359. The minimum Gasteiger partial charge on any atom is -0.324 e. The smallest absolute Gasteiger partial charge is 0.225 e.